The van der Waals surface area contributed by atoms with Crippen molar-refractivity contribution in [3.8, 4) is 0 Å². The number of carbonyl (C=O) groups excluding carboxylic acids is 2. The van der Waals surface area contributed by atoms with Crippen molar-refractivity contribution in [2.24, 2.45) is 0 Å². The van der Waals surface area contributed by atoms with E-state index < -0.39 is 148 Å². The molecule has 23 nitrogen and oxygen atoms in total. The zero-order chi connectivity index (χ0) is 70.4. The van der Waals surface area contributed by atoms with E-state index in [2.05, 4.69) is 36.6 Å². The highest BCUT2D eigenvalue weighted by molar-refractivity contribution is 5.77. The Kier molecular flexibility index (Phi) is 48.7. The van der Waals surface area contributed by atoms with Gasteiger partial charge in [-0.1, -0.05) is 251 Å². The molecule has 18 unspecified atom stereocenters. The highest BCUT2D eigenvalue weighted by Gasteiger charge is 2.60. The van der Waals surface area contributed by atoms with E-state index in [4.69, 9.17) is 28.4 Å². The molecular formula is C73H136N2O21. The van der Waals surface area contributed by atoms with E-state index in [0.717, 1.165) is 71.1 Å². The van der Waals surface area contributed by atoms with Gasteiger partial charge >= 0.3 is 5.97 Å². The van der Waals surface area contributed by atoms with Gasteiger partial charge in [0.1, 0.15) is 67.1 Å². The van der Waals surface area contributed by atoms with Gasteiger partial charge in [0, 0.05) is 19.8 Å². The molecule has 18 atom stereocenters. The molecule has 0 aromatic rings. The quantitative estimate of drug-likeness (QED) is 0.0200. The number of amides is 2. The second-order valence-corrected chi connectivity index (χ2v) is 27.9. The SMILES string of the molecule is CCCCCCCCCCC/C=C\CCCCCCCC(=O)NC(COC1OC(CO)C(OC2OC(CO)C(O)C(OC3(C(=O)O)CC(O)C(NC(C)=O)C(C(O)C(O)CO)O3)C2O)C(O)C1O)C(O)CCCCCCCCCCCCCCCCCCCCCCCCCC. The van der Waals surface area contributed by atoms with Gasteiger partial charge in [0.25, 0.3) is 5.79 Å². The van der Waals surface area contributed by atoms with Crippen molar-refractivity contribution in [2.45, 2.75) is 407 Å². The van der Waals surface area contributed by atoms with Crippen LogP contribution in [0.5, 0.6) is 0 Å². The predicted octanol–water partition coefficient (Wildman–Crippen LogP) is 8.63. The molecule has 3 aliphatic rings. The molecule has 0 aromatic heterocycles. The highest BCUT2D eigenvalue weighted by atomic mass is 16.8. The van der Waals surface area contributed by atoms with E-state index in [0.29, 0.717) is 19.3 Å². The van der Waals surface area contributed by atoms with Crippen LogP contribution in [0, 0.1) is 0 Å². The second-order valence-electron chi connectivity index (χ2n) is 27.9. The van der Waals surface area contributed by atoms with Crippen LogP contribution < -0.4 is 10.6 Å². The molecule has 3 saturated heterocycles. The monoisotopic (exact) mass is 1380 g/mol. The molecule has 0 radical (unpaired) electrons. The smallest absolute Gasteiger partial charge is 0.364 e. The van der Waals surface area contributed by atoms with E-state index in [9.17, 15) is 75.7 Å². The zero-order valence-electron chi connectivity index (χ0n) is 59.2. The molecule has 0 aliphatic carbocycles. The normalized spacial score (nSPS) is 27.6. The van der Waals surface area contributed by atoms with E-state index in [1.54, 1.807) is 0 Å². The van der Waals surface area contributed by atoms with Crippen LogP contribution in [0.2, 0.25) is 0 Å². The minimum atomic E-state index is -3.08. The number of aliphatic hydroxyl groups is 11. The van der Waals surface area contributed by atoms with Crippen molar-refractivity contribution in [2.75, 3.05) is 26.4 Å². The van der Waals surface area contributed by atoms with Crippen molar-refractivity contribution in [3.63, 3.8) is 0 Å². The van der Waals surface area contributed by atoms with Crippen LogP contribution in [-0.4, -0.2) is 215 Å². The molecule has 564 valence electrons. The number of hydrogen-bond acceptors (Lipinski definition) is 20. The van der Waals surface area contributed by atoms with Gasteiger partial charge in [-0.3, -0.25) is 9.59 Å². The molecule has 23 heteroatoms. The summed E-state index contributed by atoms with van der Waals surface area (Å²) in [6.07, 6.45) is 24.9. The second kappa shape index (κ2) is 53.3. The fourth-order valence-electron chi connectivity index (χ4n) is 13.4. The first kappa shape index (κ1) is 87.7. The fourth-order valence-corrected chi connectivity index (χ4v) is 13.4. The number of aliphatic carboxylic acids is 1. The van der Waals surface area contributed by atoms with Crippen LogP contribution in [0.1, 0.15) is 297 Å². The minimum absolute atomic E-state index is 0.215. The summed E-state index contributed by atoms with van der Waals surface area (Å²) < 4.78 is 34.9. The number of carboxylic acid groups (broad SMARTS) is 1. The number of hydrogen-bond donors (Lipinski definition) is 14. The van der Waals surface area contributed by atoms with Crippen LogP contribution in [0.4, 0.5) is 0 Å². The lowest BCUT2D eigenvalue weighted by molar-refractivity contribution is -0.386. The van der Waals surface area contributed by atoms with Gasteiger partial charge in [0.2, 0.25) is 11.8 Å². The van der Waals surface area contributed by atoms with Crippen LogP contribution in [0.3, 0.4) is 0 Å². The lowest BCUT2D eigenvalue weighted by Gasteiger charge is -2.50. The van der Waals surface area contributed by atoms with Crippen molar-refractivity contribution in [1.29, 1.82) is 0 Å². The number of carboxylic acids is 1. The predicted molar refractivity (Wildman–Crippen MR) is 366 cm³/mol. The summed E-state index contributed by atoms with van der Waals surface area (Å²) in [5.41, 5.74) is 0. The van der Waals surface area contributed by atoms with Gasteiger partial charge in [-0.05, 0) is 38.5 Å². The molecule has 0 aromatic carbocycles. The molecule has 3 aliphatic heterocycles. The van der Waals surface area contributed by atoms with E-state index in [1.807, 2.05) is 0 Å². The maximum atomic E-state index is 13.5. The van der Waals surface area contributed by atoms with Crippen molar-refractivity contribution >= 4 is 17.8 Å². The molecule has 14 N–H and O–H groups in total. The van der Waals surface area contributed by atoms with Crippen molar-refractivity contribution < 1.29 is 104 Å². The van der Waals surface area contributed by atoms with E-state index in [1.165, 1.54) is 180 Å². The topological polar surface area (TPSA) is 373 Å². The standard InChI is InChI=1S/C73H136N2O21/c1-4-6-8-10-12-14-16-18-20-22-24-25-26-27-28-29-30-32-34-36-38-40-42-44-46-55(80)54(75-60(83)47-45-43-41-39-37-35-33-31-23-21-19-17-15-13-11-9-7-5-2)52-91-70-65(87)64(86)67(59(51-78)93-70)94-71-66(88)69(63(85)58(50-77)92-71)96-73(72(89)90)48-56(81)61(74-53(3)79)68(95-73)62(84)57(82)49-76/h31,33,54-59,61-71,76-78,80-82,84-88H,4-30,32,34-52H2,1-3H3,(H,74,79)(H,75,83)(H,89,90)/b33-31-. The van der Waals surface area contributed by atoms with Gasteiger partial charge in [0.15, 0.2) is 12.6 Å². The first-order chi connectivity index (χ1) is 46.4. The average Bonchev–Trinajstić information content (AvgIpc) is 0.759. The summed E-state index contributed by atoms with van der Waals surface area (Å²) in [7, 11) is 0. The van der Waals surface area contributed by atoms with Gasteiger partial charge in [-0.15, -0.1) is 0 Å². The number of nitrogens with one attached hydrogen (secondary N) is 2. The van der Waals surface area contributed by atoms with E-state index in [-0.39, 0.29) is 18.9 Å². The average molecular weight is 1380 g/mol. The van der Waals surface area contributed by atoms with Crippen LogP contribution in [0.25, 0.3) is 0 Å². The molecule has 3 fully saturated rings. The summed E-state index contributed by atoms with van der Waals surface area (Å²) in [6.45, 7) is 2.23. The zero-order valence-corrected chi connectivity index (χ0v) is 59.2. The van der Waals surface area contributed by atoms with Gasteiger partial charge in [-0.25, -0.2) is 4.79 Å². The maximum Gasteiger partial charge on any atom is 0.364 e. The Morgan fingerprint density at radius 2 is 0.969 bits per heavy atom. The van der Waals surface area contributed by atoms with Gasteiger partial charge in [-0.2, -0.15) is 0 Å². The Labute approximate surface area is 575 Å². The van der Waals surface area contributed by atoms with E-state index >= 15 is 0 Å². The Morgan fingerprint density at radius 1 is 0.531 bits per heavy atom. The molecule has 3 heterocycles. The first-order valence-electron chi connectivity index (χ1n) is 38.0. The highest BCUT2D eigenvalue weighted by Crippen LogP contribution is 2.39. The number of rotatable bonds is 59. The summed E-state index contributed by atoms with van der Waals surface area (Å²) in [5, 5.41) is 136. The van der Waals surface area contributed by atoms with Gasteiger partial charge in [0.05, 0.1) is 50.7 Å². The number of aliphatic hydroxyl groups excluding tert-OH is 11. The van der Waals surface area contributed by atoms with Gasteiger partial charge < -0.3 is 100 Å². The summed E-state index contributed by atoms with van der Waals surface area (Å²) in [4.78, 5) is 38.6. The number of allylic oxidation sites excluding steroid dienone is 2. The summed E-state index contributed by atoms with van der Waals surface area (Å²) in [6, 6.07) is -2.53. The molecule has 96 heavy (non-hydrogen) atoms. The van der Waals surface area contributed by atoms with Crippen LogP contribution in [-0.2, 0) is 42.8 Å². The Morgan fingerprint density at radius 3 is 1.41 bits per heavy atom. The Bertz CT molecular complexity index is 1980. The maximum absolute atomic E-state index is 13.5. The summed E-state index contributed by atoms with van der Waals surface area (Å²) in [5.74, 6) is -6.10. The van der Waals surface area contributed by atoms with Crippen LogP contribution in [0.15, 0.2) is 12.2 Å². The number of unbranched alkanes of at least 4 members (excludes halogenated alkanes) is 37. The van der Waals surface area contributed by atoms with Crippen molar-refractivity contribution in [1.82, 2.24) is 10.6 Å². The Hall–Kier alpha value is -2.53. The minimum Gasteiger partial charge on any atom is -0.477 e. The lowest BCUT2D eigenvalue weighted by atomic mass is 9.88. The lowest BCUT2D eigenvalue weighted by Crippen LogP contribution is -2.70. The third kappa shape index (κ3) is 34.4. The molecule has 0 bridgehead atoms. The fraction of sp³-hybridized carbons (Fsp3) is 0.932. The third-order valence-electron chi connectivity index (χ3n) is 19.5. The van der Waals surface area contributed by atoms with Crippen molar-refractivity contribution in [3.05, 3.63) is 12.2 Å². The first-order valence-corrected chi connectivity index (χ1v) is 38.0. The number of carbonyl (C=O) groups is 3. The molecule has 3 rings (SSSR count). The number of ether oxygens (including phenoxy) is 6. The summed E-state index contributed by atoms with van der Waals surface area (Å²) >= 11 is 0. The molecule has 0 spiro atoms. The molecular weight excluding hydrogens is 1240 g/mol. The largest absolute Gasteiger partial charge is 0.477 e. The third-order valence-corrected chi connectivity index (χ3v) is 19.5. The van der Waals surface area contributed by atoms with Crippen LogP contribution >= 0.6 is 0 Å². The Balaban J connectivity index is 1.55. The molecule has 2 amide bonds. The molecule has 0 saturated carbocycles.